The lowest BCUT2D eigenvalue weighted by molar-refractivity contribution is -0.161. The van der Waals surface area contributed by atoms with Gasteiger partial charge in [0, 0.05) is 23.5 Å². The summed E-state index contributed by atoms with van der Waals surface area (Å²) < 4.78 is 12.9. The van der Waals surface area contributed by atoms with Crippen LogP contribution in [0.5, 0.6) is 0 Å². The summed E-state index contributed by atoms with van der Waals surface area (Å²) >= 11 is 3.74. The molecule has 11 heteroatoms. The van der Waals surface area contributed by atoms with Crippen molar-refractivity contribution in [2.24, 2.45) is 17.8 Å². The molecule has 6 rings (SSSR count). The minimum absolute atomic E-state index is 0.0287. The summed E-state index contributed by atoms with van der Waals surface area (Å²) in [5.74, 6) is -3.98. The van der Waals surface area contributed by atoms with Gasteiger partial charge in [-0.2, -0.15) is 0 Å². The molecular formula is C41H46BrN3O7. The number of carbonyl (C=O) groups excluding carboxylic acids is 4. The van der Waals surface area contributed by atoms with E-state index in [-0.39, 0.29) is 48.7 Å². The topological polar surface area (TPSA) is 125 Å². The molecule has 3 heterocycles. The van der Waals surface area contributed by atoms with Crippen molar-refractivity contribution >= 4 is 56.1 Å². The Kier molecular flexibility index (Phi) is 11.3. The highest BCUT2D eigenvalue weighted by molar-refractivity contribution is 9.09. The predicted octanol–water partition coefficient (Wildman–Crippen LogP) is 5.49. The fraction of sp³-hybridized carbons (Fsp3) is 0.415. The number of alkyl halides is 1. The number of nitrogens with zero attached hydrogens (tertiary/aromatic N) is 2. The van der Waals surface area contributed by atoms with Crippen LogP contribution in [0.1, 0.15) is 44.8 Å². The second-order valence-corrected chi connectivity index (χ2v) is 15.3. The number of esters is 1. The average Bonchev–Trinajstić information content (AvgIpc) is 3.74. The van der Waals surface area contributed by atoms with E-state index in [1.165, 1.54) is 4.90 Å². The van der Waals surface area contributed by atoms with E-state index in [1.807, 2.05) is 86.6 Å². The zero-order chi connectivity index (χ0) is 37.2. The molecule has 274 valence electrons. The normalized spacial score (nSPS) is 25.8. The molecule has 0 aliphatic carbocycles. The van der Waals surface area contributed by atoms with Crippen LogP contribution in [0.15, 0.2) is 98.1 Å². The van der Waals surface area contributed by atoms with Crippen LogP contribution < -0.4 is 10.2 Å². The standard InChI is InChI=1S/C41H46BrN3O7/c1-5-7-17-33(47)43-23-32(27-14-9-8-10-15-27)51-40(50)34-35-38(48)45(31(24-46)25(3)4)37(41(35)22-30(42)36(34)52-41)39(49)44(20-6-2)29-19-18-26-13-11-12-16-28(26)21-29/h5-6,8-16,18-19,21,25,30-32,34-37,46H,1-2,7,17,20,22-24H2,3-4H3,(H,43,47)/t30?,31-,32+,34+,35-,36+,37+,41-/m0/s1. The van der Waals surface area contributed by atoms with Crippen molar-refractivity contribution in [2.75, 3.05) is 24.6 Å². The van der Waals surface area contributed by atoms with Crippen molar-refractivity contribution in [1.82, 2.24) is 10.2 Å². The van der Waals surface area contributed by atoms with Crippen molar-refractivity contribution in [1.29, 1.82) is 0 Å². The Morgan fingerprint density at radius 1 is 1.08 bits per heavy atom. The van der Waals surface area contributed by atoms with Crippen LogP contribution in [-0.2, 0) is 28.7 Å². The van der Waals surface area contributed by atoms with Gasteiger partial charge in [0.15, 0.2) is 0 Å². The third-order valence-corrected chi connectivity index (χ3v) is 11.5. The van der Waals surface area contributed by atoms with Crippen LogP contribution in [-0.4, -0.2) is 82.0 Å². The number of likely N-dealkylation sites (tertiary alicyclic amines) is 1. The molecule has 3 aliphatic rings. The van der Waals surface area contributed by atoms with Gasteiger partial charge in [-0.25, -0.2) is 0 Å². The van der Waals surface area contributed by atoms with Crippen molar-refractivity contribution in [3.63, 3.8) is 0 Å². The van der Waals surface area contributed by atoms with E-state index >= 15 is 4.79 Å². The number of allylic oxidation sites excluding steroid dienone is 1. The lowest BCUT2D eigenvalue weighted by atomic mass is 9.70. The van der Waals surface area contributed by atoms with Crippen LogP contribution in [0, 0.1) is 17.8 Å². The van der Waals surface area contributed by atoms with Gasteiger partial charge in [-0.05, 0) is 47.2 Å². The van der Waals surface area contributed by atoms with E-state index < -0.39 is 53.6 Å². The van der Waals surface area contributed by atoms with E-state index in [4.69, 9.17) is 9.47 Å². The van der Waals surface area contributed by atoms with Crippen LogP contribution in [0.3, 0.4) is 0 Å². The molecule has 10 nitrogen and oxygen atoms in total. The lowest BCUT2D eigenvalue weighted by Gasteiger charge is -2.40. The van der Waals surface area contributed by atoms with Crippen LogP contribution in [0.4, 0.5) is 5.69 Å². The highest BCUT2D eigenvalue weighted by Crippen LogP contribution is 2.61. The first-order valence-corrected chi connectivity index (χ1v) is 18.8. The summed E-state index contributed by atoms with van der Waals surface area (Å²) in [5.41, 5.74) is -0.0751. The number of carbonyl (C=O) groups is 4. The van der Waals surface area contributed by atoms with E-state index in [0.29, 0.717) is 24.1 Å². The second kappa shape index (κ2) is 15.7. The number of fused-ring (bicyclic) bond motifs is 2. The third kappa shape index (κ3) is 6.81. The van der Waals surface area contributed by atoms with E-state index in [0.717, 1.165) is 10.8 Å². The van der Waals surface area contributed by atoms with Gasteiger partial charge >= 0.3 is 5.97 Å². The Hall–Kier alpha value is -4.32. The number of hydrogen-bond acceptors (Lipinski definition) is 7. The largest absolute Gasteiger partial charge is 0.455 e. The fourth-order valence-electron chi connectivity index (χ4n) is 8.18. The second-order valence-electron chi connectivity index (χ2n) is 14.1. The number of amides is 3. The van der Waals surface area contributed by atoms with Gasteiger partial charge in [0.05, 0.1) is 37.1 Å². The van der Waals surface area contributed by atoms with Crippen LogP contribution >= 0.6 is 15.9 Å². The molecule has 3 saturated heterocycles. The molecule has 3 fully saturated rings. The maximum atomic E-state index is 15.1. The first-order chi connectivity index (χ1) is 25.1. The number of aliphatic hydroxyl groups excluding tert-OH is 1. The van der Waals surface area contributed by atoms with Gasteiger partial charge in [0.25, 0.3) is 5.91 Å². The molecule has 52 heavy (non-hydrogen) atoms. The summed E-state index contributed by atoms with van der Waals surface area (Å²) in [7, 11) is 0. The summed E-state index contributed by atoms with van der Waals surface area (Å²) in [6.45, 7) is 11.2. The monoisotopic (exact) mass is 771 g/mol. The number of hydrogen-bond donors (Lipinski definition) is 2. The van der Waals surface area contributed by atoms with Gasteiger partial charge in [0.2, 0.25) is 11.8 Å². The summed E-state index contributed by atoms with van der Waals surface area (Å²) in [6.07, 6.45) is 2.75. The highest BCUT2D eigenvalue weighted by atomic mass is 79.9. The molecule has 0 radical (unpaired) electrons. The molecule has 2 bridgehead atoms. The highest BCUT2D eigenvalue weighted by Gasteiger charge is 2.77. The molecule has 1 unspecified atom stereocenters. The predicted molar refractivity (Wildman–Crippen MR) is 202 cm³/mol. The maximum absolute atomic E-state index is 15.1. The maximum Gasteiger partial charge on any atom is 0.313 e. The van der Waals surface area contributed by atoms with Gasteiger partial charge in [-0.3, -0.25) is 19.2 Å². The van der Waals surface area contributed by atoms with Crippen molar-refractivity contribution < 1.29 is 33.8 Å². The quantitative estimate of drug-likeness (QED) is 0.119. The first-order valence-electron chi connectivity index (χ1n) is 17.8. The summed E-state index contributed by atoms with van der Waals surface area (Å²) in [6, 6.07) is 20.8. The fourth-order valence-corrected chi connectivity index (χ4v) is 9.12. The number of halogens is 1. The van der Waals surface area contributed by atoms with Crippen molar-refractivity contribution in [2.45, 2.75) is 67.8 Å². The van der Waals surface area contributed by atoms with Gasteiger partial charge in [-0.15, -0.1) is 13.2 Å². The molecule has 3 amide bonds. The molecule has 0 aromatic heterocycles. The van der Waals surface area contributed by atoms with Crippen LogP contribution in [0.2, 0.25) is 0 Å². The minimum atomic E-state index is -1.38. The Labute approximate surface area is 313 Å². The Bertz CT molecular complexity index is 1840. The Balaban J connectivity index is 1.37. The van der Waals surface area contributed by atoms with Crippen molar-refractivity contribution in [3.05, 3.63) is 104 Å². The van der Waals surface area contributed by atoms with E-state index in [2.05, 4.69) is 34.4 Å². The number of nitrogens with one attached hydrogen (secondary N) is 1. The molecule has 0 saturated carbocycles. The molecule has 2 N–H and O–H groups in total. The Morgan fingerprint density at radius 3 is 2.46 bits per heavy atom. The number of ether oxygens (including phenoxy) is 2. The number of benzene rings is 3. The van der Waals surface area contributed by atoms with E-state index in [1.54, 1.807) is 17.1 Å². The molecule has 3 aromatic carbocycles. The van der Waals surface area contributed by atoms with Gasteiger partial charge in [-0.1, -0.05) is 103 Å². The van der Waals surface area contributed by atoms with Crippen LogP contribution in [0.25, 0.3) is 10.8 Å². The average molecular weight is 773 g/mol. The third-order valence-electron chi connectivity index (χ3n) is 10.7. The summed E-state index contributed by atoms with van der Waals surface area (Å²) in [5, 5.41) is 15.5. The zero-order valence-electron chi connectivity index (χ0n) is 29.5. The molecule has 8 atom stereocenters. The molecule has 1 spiro atoms. The molecule has 3 aromatic rings. The van der Waals surface area contributed by atoms with Gasteiger partial charge < -0.3 is 29.7 Å². The SMILES string of the molecule is C=CCCC(=O)NC[C@@H](OC(=O)[C@H]1[C@@H]2O[C@@]3(CC2Br)[C@@H]1C(=O)N([C@@H](CO)C(C)C)[C@@H]3C(=O)N(CC=C)c1ccc2ccccc2c1)c1ccccc1. The first kappa shape index (κ1) is 37.4. The number of aliphatic hydroxyl groups is 1. The lowest BCUT2D eigenvalue weighted by Crippen LogP contribution is -2.60. The minimum Gasteiger partial charge on any atom is -0.455 e. The van der Waals surface area contributed by atoms with Gasteiger partial charge in [0.1, 0.15) is 17.7 Å². The summed E-state index contributed by atoms with van der Waals surface area (Å²) in [4.78, 5) is 59.6. The molecular weight excluding hydrogens is 726 g/mol. The smallest absolute Gasteiger partial charge is 0.313 e. The van der Waals surface area contributed by atoms with Crippen molar-refractivity contribution in [3.8, 4) is 0 Å². The Morgan fingerprint density at radius 2 is 1.79 bits per heavy atom. The molecule has 3 aliphatic heterocycles. The number of rotatable bonds is 15. The zero-order valence-corrected chi connectivity index (χ0v) is 31.1. The van der Waals surface area contributed by atoms with E-state index in [9.17, 15) is 19.5 Å². The number of anilines is 1.